The predicted molar refractivity (Wildman–Crippen MR) is 68.5 cm³/mol. The van der Waals surface area contributed by atoms with E-state index in [-0.39, 0.29) is 5.02 Å². The van der Waals surface area contributed by atoms with E-state index in [1.54, 1.807) is 7.05 Å². The summed E-state index contributed by atoms with van der Waals surface area (Å²) in [6.45, 7) is 0.893. The van der Waals surface area contributed by atoms with Crippen LogP contribution in [-0.2, 0) is 0 Å². The van der Waals surface area contributed by atoms with Crippen molar-refractivity contribution in [3.63, 3.8) is 0 Å². The molecule has 100 valence electrons. The smallest absolute Gasteiger partial charge is 0.143 e. The SMILES string of the molecule is CNCC(O)c1cc(F)cc(Cl)c1OCC1CC1. The monoisotopic (exact) mass is 273 g/mol. The Kier molecular flexibility index (Phi) is 4.43. The lowest BCUT2D eigenvalue weighted by Gasteiger charge is -2.17. The lowest BCUT2D eigenvalue weighted by atomic mass is 10.1. The van der Waals surface area contributed by atoms with E-state index in [0.29, 0.717) is 30.4 Å². The van der Waals surface area contributed by atoms with E-state index in [1.807, 2.05) is 0 Å². The minimum atomic E-state index is -0.836. The maximum atomic E-state index is 13.3. The lowest BCUT2D eigenvalue weighted by Crippen LogP contribution is -2.18. The first kappa shape index (κ1) is 13.6. The second-order valence-corrected chi connectivity index (χ2v) is 5.04. The van der Waals surface area contributed by atoms with Crippen LogP contribution in [0.2, 0.25) is 5.02 Å². The van der Waals surface area contributed by atoms with E-state index in [2.05, 4.69) is 5.32 Å². The molecule has 2 N–H and O–H groups in total. The first-order chi connectivity index (χ1) is 8.61. The fourth-order valence-electron chi connectivity index (χ4n) is 1.77. The van der Waals surface area contributed by atoms with Gasteiger partial charge in [-0.15, -0.1) is 0 Å². The normalized spacial score (nSPS) is 16.7. The fourth-order valence-corrected chi connectivity index (χ4v) is 2.04. The molecule has 0 spiro atoms. The first-order valence-electron chi connectivity index (χ1n) is 6.06. The molecule has 2 rings (SSSR count). The largest absolute Gasteiger partial charge is 0.491 e. The highest BCUT2D eigenvalue weighted by molar-refractivity contribution is 6.32. The third-order valence-electron chi connectivity index (χ3n) is 2.95. The number of hydrogen-bond acceptors (Lipinski definition) is 3. The predicted octanol–water partition coefficient (Wildman–Crippen LogP) is 2.52. The van der Waals surface area contributed by atoms with Gasteiger partial charge in [0.2, 0.25) is 0 Å². The maximum absolute atomic E-state index is 13.3. The summed E-state index contributed by atoms with van der Waals surface area (Å²) in [6.07, 6.45) is 1.48. The Bertz CT molecular complexity index is 424. The van der Waals surface area contributed by atoms with Crippen LogP contribution in [0.25, 0.3) is 0 Å². The molecule has 0 radical (unpaired) electrons. The van der Waals surface area contributed by atoms with E-state index in [1.165, 1.54) is 12.1 Å². The highest BCUT2D eigenvalue weighted by Crippen LogP contribution is 2.36. The number of rotatable bonds is 6. The second kappa shape index (κ2) is 5.87. The quantitative estimate of drug-likeness (QED) is 0.837. The Morgan fingerprint density at radius 3 is 2.89 bits per heavy atom. The van der Waals surface area contributed by atoms with Crippen molar-refractivity contribution in [2.24, 2.45) is 5.92 Å². The van der Waals surface area contributed by atoms with Gasteiger partial charge in [0, 0.05) is 12.1 Å². The Morgan fingerprint density at radius 2 is 2.28 bits per heavy atom. The number of aliphatic hydroxyl groups excluding tert-OH is 1. The summed E-state index contributed by atoms with van der Waals surface area (Å²) in [5, 5.41) is 13.0. The van der Waals surface area contributed by atoms with Crippen molar-refractivity contribution < 1.29 is 14.2 Å². The second-order valence-electron chi connectivity index (χ2n) is 4.63. The van der Waals surface area contributed by atoms with Gasteiger partial charge in [-0.2, -0.15) is 0 Å². The highest BCUT2D eigenvalue weighted by atomic mass is 35.5. The third-order valence-corrected chi connectivity index (χ3v) is 3.23. The molecule has 0 amide bonds. The van der Waals surface area contributed by atoms with Gasteiger partial charge in [0.25, 0.3) is 0 Å². The number of benzene rings is 1. The molecular weight excluding hydrogens is 257 g/mol. The Hall–Kier alpha value is -0.840. The number of likely N-dealkylation sites (N-methyl/N-ethyl adjacent to an activating group) is 1. The summed E-state index contributed by atoms with van der Waals surface area (Å²) in [7, 11) is 1.72. The van der Waals surface area contributed by atoms with Crippen LogP contribution in [-0.4, -0.2) is 25.3 Å². The van der Waals surface area contributed by atoms with E-state index in [9.17, 15) is 9.50 Å². The number of halogens is 2. The Morgan fingerprint density at radius 1 is 1.56 bits per heavy atom. The van der Waals surface area contributed by atoms with Crippen LogP contribution in [0.1, 0.15) is 24.5 Å². The number of ether oxygens (including phenoxy) is 1. The zero-order valence-corrected chi connectivity index (χ0v) is 11.0. The van der Waals surface area contributed by atoms with Crippen LogP contribution in [0.15, 0.2) is 12.1 Å². The summed E-state index contributed by atoms with van der Waals surface area (Å²) in [4.78, 5) is 0. The molecule has 18 heavy (non-hydrogen) atoms. The molecule has 1 saturated carbocycles. The summed E-state index contributed by atoms with van der Waals surface area (Å²) < 4.78 is 19.0. The molecule has 1 unspecified atom stereocenters. The summed E-state index contributed by atoms with van der Waals surface area (Å²) in [5.41, 5.74) is 0.398. The molecule has 1 aliphatic rings. The average Bonchev–Trinajstić information content (AvgIpc) is 3.11. The van der Waals surface area contributed by atoms with Crippen LogP contribution >= 0.6 is 11.6 Å². The highest BCUT2D eigenvalue weighted by Gasteiger charge is 2.24. The van der Waals surface area contributed by atoms with Crippen molar-refractivity contribution in [3.8, 4) is 5.75 Å². The molecule has 1 aromatic rings. The maximum Gasteiger partial charge on any atom is 0.143 e. The molecule has 3 nitrogen and oxygen atoms in total. The van der Waals surface area contributed by atoms with E-state index in [0.717, 1.165) is 12.8 Å². The minimum absolute atomic E-state index is 0.209. The molecule has 5 heteroatoms. The van der Waals surface area contributed by atoms with Gasteiger partial charge in [0.05, 0.1) is 17.7 Å². The number of hydrogen-bond donors (Lipinski definition) is 2. The van der Waals surface area contributed by atoms with Crippen LogP contribution in [0, 0.1) is 11.7 Å². The van der Waals surface area contributed by atoms with Crippen molar-refractivity contribution in [2.45, 2.75) is 18.9 Å². The van der Waals surface area contributed by atoms with E-state index < -0.39 is 11.9 Å². The first-order valence-corrected chi connectivity index (χ1v) is 6.44. The van der Waals surface area contributed by atoms with Gasteiger partial charge >= 0.3 is 0 Å². The van der Waals surface area contributed by atoms with Gasteiger partial charge in [0.15, 0.2) is 0 Å². The molecule has 1 fully saturated rings. The molecule has 0 saturated heterocycles. The van der Waals surface area contributed by atoms with Gasteiger partial charge in [-0.25, -0.2) is 4.39 Å². The van der Waals surface area contributed by atoms with Gasteiger partial charge in [-0.1, -0.05) is 11.6 Å². The third kappa shape index (κ3) is 3.34. The molecule has 0 bridgehead atoms. The Labute approximate surface area is 111 Å². The van der Waals surface area contributed by atoms with Crippen molar-refractivity contribution in [3.05, 3.63) is 28.5 Å². The van der Waals surface area contributed by atoms with Crippen LogP contribution in [0.3, 0.4) is 0 Å². The molecule has 0 aromatic heterocycles. The van der Waals surface area contributed by atoms with Crippen LogP contribution in [0.5, 0.6) is 5.75 Å². The van der Waals surface area contributed by atoms with Crippen LogP contribution in [0.4, 0.5) is 4.39 Å². The standard InChI is InChI=1S/C13H17ClFNO2/c1-16-6-12(17)10-4-9(15)5-11(14)13(10)18-7-8-2-3-8/h4-5,8,12,16-17H,2-3,6-7H2,1H3. The number of nitrogens with one attached hydrogen (secondary N) is 1. The van der Waals surface area contributed by atoms with Crippen molar-refractivity contribution in [1.29, 1.82) is 0 Å². The zero-order chi connectivity index (χ0) is 13.1. The Balaban J connectivity index is 2.21. The molecule has 0 aliphatic heterocycles. The molecular formula is C13H17ClFNO2. The molecule has 1 atom stereocenters. The summed E-state index contributed by atoms with van der Waals surface area (Å²) >= 11 is 5.99. The summed E-state index contributed by atoms with van der Waals surface area (Å²) in [5.74, 6) is 0.497. The molecule has 0 heterocycles. The number of aliphatic hydroxyl groups is 1. The van der Waals surface area contributed by atoms with Crippen molar-refractivity contribution in [1.82, 2.24) is 5.32 Å². The van der Waals surface area contributed by atoms with Crippen molar-refractivity contribution >= 4 is 11.6 Å². The average molecular weight is 274 g/mol. The topological polar surface area (TPSA) is 41.5 Å². The molecule has 1 aliphatic carbocycles. The van der Waals surface area contributed by atoms with Crippen LogP contribution < -0.4 is 10.1 Å². The van der Waals surface area contributed by atoms with E-state index >= 15 is 0 Å². The van der Waals surface area contributed by atoms with E-state index in [4.69, 9.17) is 16.3 Å². The fraction of sp³-hybridized carbons (Fsp3) is 0.538. The van der Waals surface area contributed by atoms with Crippen molar-refractivity contribution in [2.75, 3.05) is 20.2 Å². The molecule has 1 aromatic carbocycles. The summed E-state index contributed by atoms with van der Waals surface area (Å²) in [6, 6.07) is 2.48. The zero-order valence-electron chi connectivity index (χ0n) is 10.2. The van der Waals surface area contributed by atoms with Gasteiger partial charge in [-0.3, -0.25) is 0 Å². The van der Waals surface area contributed by atoms with Gasteiger partial charge < -0.3 is 15.2 Å². The lowest BCUT2D eigenvalue weighted by molar-refractivity contribution is 0.170. The van der Waals surface area contributed by atoms with Gasteiger partial charge in [-0.05, 0) is 37.9 Å². The minimum Gasteiger partial charge on any atom is -0.491 e. The van der Waals surface area contributed by atoms with Gasteiger partial charge in [0.1, 0.15) is 11.6 Å².